The summed E-state index contributed by atoms with van der Waals surface area (Å²) in [6.07, 6.45) is 2.68. The lowest BCUT2D eigenvalue weighted by molar-refractivity contribution is 0.533. The summed E-state index contributed by atoms with van der Waals surface area (Å²) in [7, 11) is 0. The number of fused-ring (bicyclic) bond motifs is 1. The van der Waals surface area contributed by atoms with E-state index in [0.29, 0.717) is 10.9 Å². The van der Waals surface area contributed by atoms with Gasteiger partial charge in [-0.3, -0.25) is 4.68 Å². The van der Waals surface area contributed by atoms with Crippen molar-refractivity contribution in [3.63, 3.8) is 0 Å². The molecule has 4 nitrogen and oxygen atoms in total. The average Bonchev–Trinajstić information content (AvgIpc) is 2.86. The van der Waals surface area contributed by atoms with Crippen LogP contribution in [0.2, 0.25) is 5.28 Å². The minimum atomic E-state index is -0.658. The number of nitrogens with zero attached hydrogens (tertiary/aromatic N) is 4. The summed E-state index contributed by atoms with van der Waals surface area (Å²) in [5.41, 5.74) is 0.506. The van der Waals surface area contributed by atoms with E-state index in [1.807, 2.05) is 13.8 Å². The first-order valence-electron chi connectivity index (χ1n) is 6.32. The molecule has 0 saturated heterocycles. The van der Waals surface area contributed by atoms with Crippen LogP contribution in [0.1, 0.15) is 19.9 Å². The summed E-state index contributed by atoms with van der Waals surface area (Å²) in [6, 6.07) is 2.93. The summed E-state index contributed by atoms with van der Waals surface area (Å²) in [5.74, 6) is -1.19. The van der Waals surface area contributed by atoms with Gasteiger partial charge in [-0.25, -0.2) is 18.7 Å². The lowest BCUT2D eigenvalue weighted by atomic mass is 10.1. The molecule has 108 valence electrons. The molecule has 0 bridgehead atoms. The van der Waals surface area contributed by atoms with Crippen LogP contribution in [0.15, 0.2) is 24.5 Å². The zero-order chi connectivity index (χ0) is 15.1. The molecule has 0 aliphatic carbocycles. The van der Waals surface area contributed by atoms with Crippen LogP contribution in [-0.2, 0) is 0 Å². The first-order valence-corrected chi connectivity index (χ1v) is 6.70. The van der Waals surface area contributed by atoms with Crippen molar-refractivity contribution < 1.29 is 8.78 Å². The molecule has 0 N–H and O–H groups in total. The molecule has 3 aromatic rings. The molecule has 0 saturated carbocycles. The van der Waals surface area contributed by atoms with Crippen LogP contribution >= 0.6 is 11.6 Å². The molecule has 7 heteroatoms. The molecule has 0 fully saturated rings. The second-order valence-electron chi connectivity index (χ2n) is 4.93. The Morgan fingerprint density at radius 1 is 1.19 bits per heavy atom. The maximum Gasteiger partial charge on any atom is 0.223 e. The van der Waals surface area contributed by atoms with E-state index < -0.39 is 11.6 Å². The first kappa shape index (κ1) is 13.9. The molecule has 0 spiro atoms. The van der Waals surface area contributed by atoms with Crippen molar-refractivity contribution in [2.24, 2.45) is 0 Å². The third-order valence-electron chi connectivity index (χ3n) is 3.10. The van der Waals surface area contributed by atoms with Crippen molar-refractivity contribution in [2.75, 3.05) is 0 Å². The highest BCUT2D eigenvalue weighted by atomic mass is 35.5. The Morgan fingerprint density at radius 2 is 1.95 bits per heavy atom. The van der Waals surface area contributed by atoms with Crippen molar-refractivity contribution >= 4 is 22.5 Å². The Morgan fingerprint density at radius 3 is 2.67 bits per heavy atom. The number of aromatic nitrogens is 4. The molecule has 0 aliphatic rings. The van der Waals surface area contributed by atoms with Gasteiger partial charge in [0.25, 0.3) is 0 Å². The quantitative estimate of drug-likeness (QED) is 0.672. The Labute approximate surface area is 124 Å². The zero-order valence-corrected chi connectivity index (χ0v) is 12.1. The highest BCUT2D eigenvalue weighted by Crippen LogP contribution is 2.28. The lowest BCUT2D eigenvalue weighted by Gasteiger charge is -2.03. The van der Waals surface area contributed by atoms with Gasteiger partial charge in [-0.05, 0) is 37.6 Å². The molecule has 2 aromatic heterocycles. The van der Waals surface area contributed by atoms with Crippen molar-refractivity contribution in [1.29, 1.82) is 0 Å². The van der Waals surface area contributed by atoms with Gasteiger partial charge in [-0.15, -0.1) is 0 Å². The van der Waals surface area contributed by atoms with Gasteiger partial charge in [-0.1, -0.05) is 0 Å². The fourth-order valence-electron chi connectivity index (χ4n) is 2.06. The highest BCUT2D eigenvalue weighted by Gasteiger charge is 2.15. The predicted octanol–water partition coefficient (Wildman–Crippen LogP) is 4.01. The molecule has 0 amide bonds. The number of benzene rings is 1. The predicted molar refractivity (Wildman–Crippen MR) is 76.1 cm³/mol. The van der Waals surface area contributed by atoms with Gasteiger partial charge >= 0.3 is 0 Å². The molecule has 3 rings (SSSR count). The Balaban J connectivity index is 2.22. The van der Waals surface area contributed by atoms with Crippen molar-refractivity contribution in [3.8, 4) is 11.3 Å². The summed E-state index contributed by atoms with van der Waals surface area (Å²) >= 11 is 5.67. The van der Waals surface area contributed by atoms with E-state index >= 15 is 0 Å². The topological polar surface area (TPSA) is 43.6 Å². The van der Waals surface area contributed by atoms with E-state index in [0.717, 1.165) is 6.20 Å². The van der Waals surface area contributed by atoms with Crippen LogP contribution in [0, 0.1) is 11.6 Å². The van der Waals surface area contributed by atoms with Gasteiger partial charge in [0.05, 0.1) is 6.20 Å². The van der Waals surface area contributed by atoms with Gasteiger partial charge in [0.1, 0.15) is 11.2 Å². The van der Waals surface area contributed by atoms with Gasteiger partial charge in [0.15, 0.2) is 11.6 Å². The molecule has 0 atom stereocenters. The normalized spacial score (nSPS) is 11.5. The molecule has 2 heterocycles. The maximum atomic E-state index is 14.2. The number of hydrogen-bond donors (Lipinski definition) is 0. The van der Waals surface area contributed by atoms with Crippen LogP contribution in [0.3, 0.4) is 0 Å². The monoisotopic (exact) mass is 308 g/mol. The van der Waals surface area contributed by atoms with Crippen LogP contribution < -0.4 is 0 Å². The van der Waals surface area contributed by atoms with E-state index in [1.165, 1.54) is 6.07 Å². The number of hydrogen-bond acceptors (Lipinski definition) is 3. The molecular formula is C14H11ClF2N4. The maximum absolute atomic E-state index is 14.2. The van der Waals surface area contributed by atoms with Crippen molar-refractivity contribution in [1.82, 2.24) is 19.7 Å². The van der Waals surface area contributed by atoms with E-state index in [9.17, 15) is 8.78 Å². The van der Waals surface area contributed by atoms with Crippen LogP contribution in [0.4, 0.5) is 8.78 Å². The molecule has 0 aliphatic heterocycles. The van der Waals surface area contributed by atoms with E-state index in [-0.39, 0.29) is 22.5 Å². The summed E-state index contributed by atoms with van der Waals surface area (Å²) in [4.78, 5) is 7.36. The fourth-order valence-corrected chi connectivity index (χ4v) is 2.19. The Kier molecular flexibility index (Phi) is 3.33. The largest absolute Gasteiger partial charge is 0.269 e. The number of halogens is 3. The van der Waals surface area contributed by atoms with Crippen LogP contribution in [0.5, 0.6) is 0 Å². The molecule has 21 heavy (non-hydrogen) atoms. The minimum absolute atomic E-state index is 0.0342. The Hall–Kier alpha value is -2.08. The SMILES string of the molecule is CC(C)n1cc2cc(-c3nc(Cl)ncc3F)cc(F)c2n1. The van der Waals surface area contributed by atoms with E-state index in [1.54, 1.807) is 16.9 Å². The Bertz CT molecular complexity index is 829. The van der Waals surface area contributed by atoms with Crippen LogP contribution in [0.25, 0.3) is 22.2 Å². The van der Waals surface area contributed by atoms with Crippen molar-refractivity contribution in [3.05, 3.63) is 41.4 Å². The molecule has 0 unspecified atom stereocenters. The molecule has 0 radical (unpaired) electrons. The second kappa shape index (κ2) is 5.04. The third kappa shape index (κ3) is 2.47. The van der Waals surface area contributed by atoms with Crippen molar-refractivity contribution in [2.45, 2.75) is 19.9 Å². The average molecular weight is 309 g/mol. The third-order valence-corrected chi connectivity index (χ3v) is 3.28. The van der Waals surface area contributed by atoms with Gasteiger partial charge in [0, 0.05) is 23.2 Å². The second-order valence-corrected chi connectivity index (χ2v) is 5.27. The fraction of sp³-hybridized carbons (Fsp3) is 0.214. The molecular weight excluding hydrogens is 298 g/mol. The van der Waals surface area contributed by atoms with E-state index in [2.05, 4.69) is 15.1 Å². The van der Waals surface area contributed by atoms with Gasteiger partial charge < -0.3 is 0 Å². The smallest absolute Gasteiger partial charge is 0.223 e. The van der Waals surface area contributed by atoms with Crippen LogP contribution in [-0.4, -0.2) is 19.7 Å². The highest BCUT2D eigenvalue weighted by molar-refractivity contribution is 6.28. The number of rotatable bonds is 2. The summed E-state index contributed by atoms with van der Waals surface area (Å²) in [5, 5.41) is 4.66. The minimum Gasteiger partial charge on any atom is -0.269 e. The molecule has 1 aromatic carbocycles. The summed E-state index contributed by atoms with van der Waals surface area (Å²) in [6.45, 7) is 3.88. The van der Waals surface area contributed by atoms with E-state index in [4.69, 9.17) is 11.6 Å². The summed E-state index contributed by atoms with van der Waals surface area (Å²) < 4.78 is 29.6. The van der Waals surface area contributed by atoms with Gasteiger partial charge in [0.2, 0.25) is 5.28 Å². The standard InChI is InChI=1S/C14H11ClF2N4/c1-7(2)21-6-9-3-8(4-10(16)13(9)20-21)12-11(17)5-18-14(15)19-12/h3-7H,1-2H3. The first-order chi connectivity index (χ1) is 9.95. The van der Waals surface area contributed by atoms with Gasteiger partial charge in [-0.2, -0.15) is 5.10 Å². The lowest BCUT2D eigenvalue weighted by Crippen LogP contribution is -2.00. The zero-order valence-electron chi connectivity index (χ0n) is 11.3.